The highest BCUT2D eigenvalue weighted by Gasteiger charge is 1.97. The Morgan fingerprint density at radius 3 is 1.89 bits per heavy atom. The monoisotopic (exact) mass is 286 g/mol. The molecule has 0 aliphatic heterocycles. The molecule has 0 saturated heterocycles. The topological polar surface area (TPSA) is 227 Å². The summed E-state index contributed by atoms with van der Waals surface area (Å²) in [6.07, 6.45) is 0. The third-order valence-electron chi connectivity index (χ3n) is 1.02. The molecule has 0 aromatic carbocycles. The van der Waals surface area contributed by atoms with Gasteiger partial charge in [0.05, 0.1) is 12.6 Å². The van der Waals surface area contributed by atoms with Gasteiger partial charge in [-0.15, -0.1) is 10.2 Å². The van der Waals surface area contributed by atoms with E-state index >= 15 is 0 Å². The molecule has 13 heteroatoms. The molecular weight excluding hydrogens is 268 g/mol. The molecule has 0 aromatic rings. The largest absolute Gasteiger partial charge is 0.394 e. The lowest BCUT2D eigenvalue weighted by atomic mass is 10.4. The zero-order chi connectivity index (χ0) is 14.8. The van der Waals surface area contributed by atoms with Gasteiger partial charge < -0.3 is 33.8 Å². The summed E-state index contributed by atoms with van der Waals surface area (Å²) >= 11 is 0. The van der Waals surface area contributed by atoms with Crippen molar-refractivity contribution in [1.29, 1.82) is 0 Å². The number of hydrazone groups is 2. The number of rotatable bonds is 5. The van der Waals surface area contributed by atoms with Gasteiger partial charge >= 0.3 is 10.4 Å². The van der Waals surface area contributed by atoms with Crippen LogP contribution in [0, 0.1) is 0 Å². The molecule has 0 radical (unpaired) electrons. The quantitative estimate of drug-likeness (QED) is 0.106. The number of nitrogens with zero attached hydrogens (tertiary/aromatic N) is 2. The summed E-state index contributed by atoms with van der Waals surface area (Å²) in [5.74, 6) is -0.0391. The van der Waals surface area contributed by atoms with Crippen molar-refractivity contribution in [2.24, 2.45) is 33.1 Å². The number of hydrogen-bond acceptors (Lipinski definition) is 6. The fraction of sp³-hybridized carbons (Fsp3) is 0.600. The second-order valence-corrected chi connectivity index (χ2v) is 3.81. The van der Waals surface area contributed by atoms with Gasteiger partial charge in [0.1, 0.15) is 0 Å². The molecule has 0 saturated carbocycles. The van der Waals surface area contributed by atoms with E-state index in [1.807, 2.05) is 6.92 Å². The maximum Gasteiger partial charge on any atom is 0.394 e. The second-order valence-electron chi connectivity index (χ2n) is 2.91. The van der Waals surface area contributed by atoms with E-state index in [4.69, 9.17) is 40.5 Å². The van der Waals surface area contributed by atoms with Crippen LogP contribution in [0.3, 0.4) is 0 Å². The summed E-state index contributed by atoms with van der Waals surface area (Å²) < 4.78 is 31.6. The van der Waals surface area contributed by atoms with Crippen LogP contribution < -0.4 is 33.8 Å². The Balaban J connectivity index is 0. The van der Waals surface area contributed by atoms with Gasteiger partial charge in [-0.1, -0.05) is 0 Å². The first-order valence-electron chi connectivity index (χ1n) is 4.38. The molecule has 0 aliphatic rings. The minimum atomic E-state index is -4.67. The maximum atomic E-state index is 8.74. The van der Waals surface area contributed by atoms with Gasteiger partial charge in [-0.2, -0.15) is 8.42 Å². The summed E-state index contributed by atoms with van der Waals surface area (Å²) in [6, 6.07) is 0.0187. The fourth-order valence-corrected chi connectivity index (χ4v) is 0.504. The van der Waals surface area contributed by atoms with Crippen molar-refractivity contribution in [2.45, 2.75) is 13.0 Å². The van der Waals surface area contributed by atoms with E-state index in [0.717, 1.165) is 0 Å². The van der Waals surface area contributed by atoms with Crippen LogP contribution in [0.4, 0.5) is 0 Å². The zero-order valence-corrected chi connectivity index (χ0v) is 10.4. The molecular formula is C5H18N8O4S. The highest BCUT2D eigenvalue weighted by atomic mass is 32.3. The zero-order valence-electron chi connectivity index (χ0n) is 9.61. The van der Waals surface area contributed by atoms with E-state index in [0.29, 0.717) is 6.54 Å². The molecule has 12 N–H and O–H groups in total. The molecule has 0 bridgehead atoms. The average molecular weight is 286 g/mol. The van der Waals surface area contributed by atoms with E-state index < -0.39 is 10.4 Å². The van der Waals surface area contributed by atoms with Crippen LogP contribution >= 0.6 is 0 Å². The van der Waals surface area contributed by atoms with Crippen LogP contribution in [0.25, 0.3) is 0 Å². The van der Waals surface area contributed by atoms with Crippen LogP contribution in [0.1, 0.15) is 6.92 Å². The summed E-state index contributed by atoms with van der Waals surface area (Å²) in [4.78, 5) is 0. The Labute approximate surface area is 104 Å². The van der Waals surface area contributed by atoms with Gasteiger partial charge in [0.25, 0.3) is 0 Å². The lowest BCUT2D eigenvalue weighted by Crippen LogP contribution is -2.36. The van der Waals surface area contributed by atoms with Crippen molar-refractivity contribution >= 4 is 22.3 Å². The van der Waals surface area contributed by atoms with Crippen LogP contribution in [0.2, 0.25) is 0 Å². The van der Waals surface area contributed by atoms with E-state index in [1.54, 1.807) is 0 Å². The number of hydrogen-bond donors (Lipinski definition) is 8. The molecule has 0 aromatic heterocycles. The van der Waals surface area contributed by atoms with Gasteiger partial charge in [-0.3, -0.25) is 9.11 Å². The Morgan fingerprint density at radius 1 is 1.17 bits per heavy atom. The standard InChI is InChI=1S/C5H16N8.H2O4S/c1-3(11-13-5(8)9)2-10-12-4(6)7;1-5(2,3)4/h3,10-11H,2H2,1H3,(H4,6,7,12)(H4,8,9,13);(H2,1,2,3,4). The number of guanidine groups is 2. The van der Waals surface area contributed by atoms with E-state index in [9.17, 15) is 0 Å². The Bertz CT molecular complexity index is 363. The van der Waals surface area contributed by atoms with Gasteiger partial charge in [0, 0.05) is 0 Å². The van der Waals surface area contributed by atoms with Gasteiger partial charge in [-0.25, -0.2) is 0 Å². The minimum absolute atomic E-state index is 0.0187. The molecule has 108 valence electrons. The highest BCUT2D eigenvalue weighted by Crippen LogP contribution is 1.77. The summed E-state index contributed by atoms with van der Waals surface area (Å²) in [6.45, 7) is 2.37. The Morgan fingerprint density at radius 2 is 1.56 bits per heavy atom. The Kier molecular flexibility index (Phi) is 9.27. The van der Waals surface area contributed by atoms with E-state index in [2.05, 4.69) is 21.1 Å². The third kappa shape index (κ3) is 29.2. The predicted octanol–water partition coefficient (Wildman–Crippen LogP) is -3.72. The SMILES string of the molecule is CC(CNN=C(N)N)NN=C(N)N.O=S(=O)(O)O. The van der Waals surface area contributed by atoms with Crippen LogP contribution in [-0.4, -0.2) is 42.0 Å². The van der Waals surface area contributed by atoms with Gasteiger partial charge in [0.2, 0.25) is 11.9 Å². The van der Waals surface area contributed by atoms with E-state index in [-0.39, 0.29) is 18.0 Å². The molecule has 0 fully saturated rings. The highest BCUT2D eigenvalue weighted by molar-refractivity contribution is 7.79. The van der Waals surface area contributed by atoms with Gasteiger partial charge in [-0.05, 0) is 6.92 Å². The smallest absolute Gasteiger partial charge is 0.369 e. The normalized spacial score (nSPS) is 11.3. The molecule has 0 amide bonds. The lowest BCUT2D eigenvalue weighted by Gasteiger charge is -2.10. The van der Waals surface area contributed by atoms with Crippen molar-refractivity contribution in [3.63, 3.8) is 0 Å². The minimum Gasteiger partial charge on any atom is -0.369 e. The molecule has 12 nitrogen and oxygen atoms in total. The first-order valence-corrected chi connectivity index (χ1v) is 5.77. The molecule has 0 heterocycles. The average Bonchev–Trinajstić information content (AvgIpc) is 2.11. The van der Waals surface area contributed by atoms with Crippen LogP contribution in [0.5, 0.6) is 0 Å². The van der Waals surface area contributed by atoms with Crippen molar-refractivity contribution in [3.05, 3.63) is 0 Å². The first kappa shape index (κ1) is 18.4. The van der Waals surface area contributed by atoms with Gasteiger partial charge in [0.15, 0.2) is 0 Å². The van der Waals surface area contributed by atoms with Crippen LogP contribution in [-0.2, 0) is 10.4 Å². The Hall–Kier alpha value is -1.99. The lowest BCUT2D eigenvalue weighted by molar-refractivity contribution is 0.381. The molecule has 1 atom stereocenters. The van der Waals surface area contributed by atoms with Crippen LogP contribution in [0.15, 0.2) is 10.2 Å². The molecule has 18 heavy (non-hydrogen) atoms. The van der Waals surface area contributed by atoms with E-state index in [1.165, 1.54) is 0 Å². The summed E-state index contributed by atoms with van der Waals surface area (Å²) in [5, 5.41) is 7.16. The predicted molar refractivity (Wildman–Crippen MR) is 66.4 cm³/mol. The molecule has 1 unspecified atom stereocenters. The maximum absolute atomic E-state index is 8.74. The fourth-order valence-electron chi connectivity index (χ4n) is 0.504. The van der Waals surface area contributed by atoms with Crippen molar-refractivity contribution in [1.82, 2.24) is 10.9 Å². The van der Waals surface area contributed by atoms with Crippen molar-refractivity contribution < 1.29 is 17.5 Å². The molecule has 0 spiro atoms. The summed E-state index contributed by atoms with van der Waals surface area (Å²) in [7, 11) is -4.67. The number of nitrogens with one attached hydrogen (secondary N) is 2. The third-order valence-corrected chi connectivity index (χ3v) is 1.02. The van der Waals surface area contributed by atoms with Crippen molar-refractivity contribution in [3.8, 4) is 0 Å². The number of nitrogens with two attached hydrogens (primary N) is 4. The molecule has 0 rings (SSSR count). The summed E-state index contributed by atoms with van der Waals surface area (Å²) in [5.41, 5.74) is 25.7. The first-order chi connectivity index (χ1) is 8.02. The second kappa shape index (κ2) is 9.08. The van der Waals surface area contributed by atoms with Crippen molar-refractivity contribution in [2.75, 3.05) is 6.54 Å². The molecule has 0 aliphatic carbocycles.